The van der Waals surface area contributed by atoms with Gasteiger partial charge in [0.15, 0.2) is 0 Å². The van der Waals surface area contributed by atoms with E-state index in [1.165, 1.54) is 0 Å². The summed E-state index contributed by atoms with van der Waals surface area (Å²) in [5.74, 6) is 1.49. The molecule has 3 rings (SSSR count). The molecule has 1 aliphatic heterocycles. The Bertz CT molecular complexity index is 834. The molecule has 0 aliphatic carbocycles. The Balaban J connectivity index is 1.65. The number of piperazine rings is 1. The van der Waals surface area contributed by atoms with Crippen molar-refractivity contribution in [3.63, 3.8) is 0 Å². The molecule has 0 bridgehead atoms. The van der Waals surface area contributed by atoms with E-state index in [1.54, 1.807) is 4.31 Å². The molecule has 7 nitrogen and oxygen atoms in total. The summed E-state index contributed by atoms with van der Waals surface area (Å²) < 4.78 is 26.9. The number of sulfonamides is 1. The van der Waals surface area contributed by atoms with Crippen molar-refractivity contribution in [2.24, 2.45) is 0 Å². The maximum atomic E-state index is 12.7. The first-order valence-electron chi connectivity index (χ1n) is 8.84. The summed E-state index contributed by atoms with van der Waals surface area (Å²) >= 11 is 0. The molecule has 2 heterocycles. The van der Waals surface area contributed by atoms with E-state index >= 15 is 0 Å². The Kier molecular flexibility index (Phi) is 5.73. The van der Waals surface area contributed by atoms with Crippen molar-refractivity contribution in [1.82, 2.24) is 14.3 Å². The first kappa shape index (κ1) is 18.6. The summed E-state index contributed by atoms with van der Waals surface area (Å²) in [7, 11) is -3.31. The molecule has 1 aromatic carbocycles. The minimum Gasteiger partial charge on any atom is -0.370 e. The third-order valence-electron chi connectivity index (χ3n) is 4.31. The molecule has 0 unspecified atom stereocenters. The number of nitrogens with one attached hydrogen (secondary N) is 1. The second-order valence-corrected chi connectivity index (χ2v) is 8.32. The average molecular weight is 375 g/mol. The van der Waals surface area contributed by atoms with Crippen LogP contribution in [0.15, 0.2) is 36.4 Å². The fourth-order valence-corrected chi connectivity index (χ4v) is 4.52. The van der Waals surface area contributed by atoms with E-state index in [4.69, 9.17) is 0 Å². The summed E-state index contributed by atoms with van der Waals surface area (Å²) in [6, 6.07) is 11.2. The lowest BCUT2D eigenvalue weighted by atomic mass is 10.2. The smallest absolute Gasteiger partial charge is 0.227 e. The molecule has 1 aromatic heterocycles. The SMILES string of the molecule is CCNc1cc(C)nc(N2CCN(S(=O)(=O)Cc3ccccc3)CC2)n1. The highest BCUT2D eigenvalue weighted by Gasteiger charge is 2.28. The van der Waals surface area contributed by atoms with Crippen LogP contribution in [0.3, 0.4) is 0 Å². The van der Waals surface area contributed by atoms with Gasteiger partial charge in [0.1, 0.15) is 5.82 Å². The molecule has 0 atom stereocenters. The van der Waals surface area contributed by atoms with Gasteiger partial charge in [-0.3, -0.25) is 0 Å². The van der Waals surface area contributed by atoms with Gasteiger partial charge in [-0.1, -0.05) is 30.3 Å². The van der Waals surface area contributed by atoms with Crippen molar-refractivity contribution >= 4 is 21.8 Å². The van der Waals surface area contributed by atoms with Crippen LogP contribution in [0.25, 0.3) is 0 Å². The van der Waals surface area contributed by atoms with Gasteiger partial charge in [0, 0.05) is 44.5 Å². The fourth-order valence-electron chi connectivity index (χ4n) is 3.01. The Morgan fingerprint density at radius 2 is 1.77 bits per heavy atom. The van der Waals surface area contributed by atoms with Gasteiger partial charge < -0.3 is 10.2 Å². The van der Waals surface area contributed by atoms with E-state index in [-0.39, 0.29) is 5.75 Å². The maximum absolute atomic E-state index is 12.7. The highest BCUT2D eigenvalue weighted by molar-refractivity contribution is 7.88. The van der Waals surface area contributed by atoms with Crippen molar-refractivity contribution in [2.75, 3.05) is 42.9 Å². The van der Waals surface area contributed by atoms with Crippen molar-refractivity contribution in [2.45, 2.75) is 19.6 Å². The van der Waals surface area contributed by atoms with E-state index in [2.05, 4.69) is 15.3 Å². The predicted molar refractivity (Wildman–Crippen MR) is 104 cm³/mol. The van der Waals surface area contributed by atoms with Gasteiger partial charge in [-0.25, -0.2) is 13.4 Å². The Morgan fingerprint density at radius 3 is 2.42 bits per heavy atom. The van der Waals surface area contributed by atoms with Gasteiger partial charge >= 0.3 is 0 Å². The fraction of sp³-hybridized carbons (Fsp3) is 0.444. The number of benzene rings is 1. The third kappa shape index (κ3) is 4.50. The summed E-state index contributed by atoms with van der Waals surface area (Å²) in [5, 5.41) is 3.20. The van der Waals surface area contributed by atoms with Crippen LogP contribution in [0.1, 0.15) is 18.2 Å². The zero-order valence-corrected chi connectivity index (χ0v) is 16.0. The van der Waals surface area contributed by atoms with E-state index in [1.807, 2.05) is 55.1 Å². The maximum Gasteiger partial charge on any atom is 0.227 e. The molecule has 0 radical (unpaired) electrons. The first-order chi connectivity index (χ1) is 12.5. The molecule has 2 aromatic rings. The van der Waals surface area contributed by atoms with E-state index in [0.29, 0.717) is 32.1 Å². The minimum absolute atomic E-state index is 0.0410. The lowest BCUT2D eigenvalue weighted by molar-refractivity contribution is 0.382. The van der Waals surface area contributed by atoms with Gasteiger partial charge in [0.2, 0.25) is 16.0 Å². The molecular weight excluding hydrogens is 350 g/mol. The molecule has 1 N–H and O–H groups in total. The van der Waals surface area contributed by atoms with Gasteiger partial charge in [-0.2, -0.15) is 9.29 Å². The number of hydrogen-bond donors (Lipinski definition) is 1. The summed E-state index contributed by atoms with van der Waals surface area (Å²) in [6.45, 7) is 6.82. The quantitative estimate of drug-likeness (QED) is 0.830. The van der Waals surface area contributed by atoms with Gasteiger partial charge in [0.05, 0.1) is 5.75 Å². The summed E-state index contributed by atoms with van der Waals surface area (Å²) in [4.78, 5) is 11.1. The van der Waals surface area contributed by atoms with Crippen LogP contribution in [-0.2, 0) is 15.8 Å². The van der Waals surface area contributed by atoms with Crippen molar-refractivity contribution in [3.05, 3.63) is 47.7 Å². The van der Waals surface area contributed by atoms with E-state index < -0.39 is 10.0 Å². The second kappa shape index (κ2) is 8.01. The molecule has 26 heavy (non-hydrogen) atoms. The largest absolute Gasteiger partial charge is 0.370 e. The summed E-state index contributed by atoms with van der Waals surface area (Å²) in [6.07, 6.45) is 0. The molecule has 8 heteroatoms. The number of rotatable bonds is 6. The molecule has 0 saturated carbocycles. The summed E-state index contributed by atoms with van der Waals surface area (Å²) in [5.41, 5.74) is 1.71. The molecule has 0 spiro atoms. The van der Waals surface area contributed by atoms with Gasteiger partial charge in [-0.05, 0) is 19.4 Å². The Labute approximate surface area is 155 Å². The van der Waals surface area contributed by atoms with Gasteiger partial charge in [0.25, 0.3) is 0 Å². The van der Waals surface area contributed by atoms with Crippen LogP contribution in [-0.4, -0.2) is 55.4 Å². The van der Waals surface area contributed by atoms with E-state index in [0.717, 1.165) is 23.6 Å². The lowest BCUT2D eigenvalue weighted by Gasteiger charge is -2.34. The molecule has 0 amide bonds. The van der Waals surface area contributed by atoms with Crippen LogP contribution in [0.2, 0.25) is 0 Å². The Hall–Kier alpha value is -2.19. The molecule has 1 saturated heterocycles. The number of aromatic nitrogens is 2. The molecule has 1 aliphatic rings. The molecule has 140 valence electrons. The van der Waals surface area contributed by atoms with Gasteiger partial charge in [-0.15, -0.1) is 0 Å². The first-order valence-corrected chi connectivity index (χ1v) is 10.4. The number of nitrogens with zero attached hydrogens (tertiary/aromatic N) is 4. The number of aryl methyl sites for hydroxylation is 1. The molecular formula is C18H25N5O2S. The lowest BCUT2D eigenvalue weighted by Crippen LogP contribution is -2.49. The van der Waals surface area contributed by atoms with Crippen LogP contribution < -0.4 is 10.2 Å². The number of anilines is 2. The zero-order chi connectivity index (χ0) is 18.6. The number of hydrogen-bond acceptors (Lipinski definition) is 6. The van der Waals surface area contributed by atoms with Crippen LogP contribution in [0.4, 0.5) is 11.8 Å². The topological polar surface area (TPSA) is 78.4 Å². The minimum atomic E-state index is -3.31. The third-order valence-corrected chi connectivity index (χ3v) is 6.16. The highest BCUT2D eigenvalue weighted by Crippen LogP contribution is 2.18. The monoisotopic (exact) mass is 375 g/mol. The van der Waals surface area contributed by atoms with Crippen LogP contribution in [0, 0.1) is 6.92 Å². The Morgan fingerprint density at radius 1 is 1.08 bits per heavy atom. The van der Waals surface area contributed by atoms with E-state index in [9.17, 15) is 8.42 Å². The predicted octanol–water partition coefficient (Wildman–Crippen LogP) is 1.87. The normalized spacial score (nSPS) is 15.8. The van der Waals surface area contributed by atoms with Crippen molar-refractivity contribution in [3.8, 4) is 0 Å². The molecule has 1 fully saturated rings. The highest BCUT2D eigenvalue weighted by atomic mass is 32.2. The average Bonchev–Trinajstić information content (AvgIpc) is 2.62. The van der Waals surface area contributed by atoms with Crippen LogP contribution in [0.5, 0.6) is 0 Å². The van der Waals surface area contributed by atoms with Crippen molar-refractivity contribution in [1.29, 1.82) is 0 Å². The van der Waals surface area contributed by atoms with Crippen molar-refractivity contribution < 1.29 is 8.42 Å². The standard InChI is InChI=1S/C18H25N5O2S/c1-3-19-17-13-15(2)20-18(21-17)22-9-11-23(12-10-22)26(24,25)14-16-7-5-4-6-8-16/h4-8,13H,3,9-12,14H2,1-2H3,(H,19,20,21). The second-order valence-electron chi connectivity index (χ2n) is 6.35. The van der Waals surface area contributed by atoms with Crippen LogP contribution >= 0.6 is 0 Å². The zero-order valence-electron chi connectivity index (χ0n) is 15.2.